The van der Waals surface area contributed by atoms with E-state index in [0.717, 1.165) is 12.8 Å². The highest BCUT2D eigenvalue weighted by Gasteiger charge is 2.27. The van der Waals surface area contributed by atoms with Crippen molar-refractivity contribution >= 4 is 15.9 Å². The van der Waals surface area contributed by atoms with Gasteiger partial charge in [0.25, 0.3) is 5.91 Å². The van der Waals surface area contributed by atoms with Crippen molar-refractivity contribution in [3.05, 3.63) is 29.8 Å². The Morgan fingerprint density at radius 3 is 2.73 bits per heavy atom. The first-order valence-corrected chi connectivity index (χ1v) is 8.87. The van der Waals surface area contributed by atoms with E-state index in [4.69, 9.17) is 4.74 Å². The van der Waals surface area contributed by atoms with Gasteiger partial charge in [-0.1, -0.05) is 6.07 Å². The summed E-state index contributed by atoms with van der Waals surface area (Å²) in [5.41, 5.74) is 0.359. The van der Waals surface area contributed by atoms with Crippen LogP contribution in [0.1, 0.15) is 29.6 Å². The van der Waals surface area contributed by atoms with E-state index >= 15 is 0 Å². The zero-order chi connectivity index (χ0) is 16.0. The van der Waals surface area contributed by atoms with Crippen LogP contribution in [0.4, 0.5) is 0 Å². The maximum absolute atomic E-state index is 12.5. The number of nitrogens with one attached hydrogen (secondary N) is 1. The number of carbonyl (C=O) groups excluding carboxylic acids is 1. The Balaban J connectivity index is 2.07. The number of sulfonamides is 1. The van der Waals surface area contributed by atoms with Gasteiger partial charge in [0.05, 0.1) is 4.90 Å². The maximum atomic E-state index is 12.5. The molecule has 1 aromatic rings. The third-order valence-corrected chi connectivity index (χ3v) is 5.50. The smallest absolute Gasteiger partial charge is 0.251 e. The first kappa shape index (κ1) is 16.9. The fourth-order valence-electron chi connectivity index (χ4n) is 2.40. The minimum Gasteiger partial charge on any atom is -0.385 e. The summed E-state index contributed by atoms with van der Waals surface area (Å²) in [6.07, 6.45) is 2.49. The zero-order valence-corrected chi connectivity index (χ0v) is 13.6. The quantitative estimate of drug-likeness (QED) is 0.765. The van der Waals surface area contributed by atoms with Crippen molar-refractivity contribution in [3.8, 4) is 0 Å². The van der Waals surface area contributed by atoms with Crippen LogP contribution in [0, 0.1) is 0 Å². The molecule has 22 heavy (non-hydrogen) atoms. The fourth-order valence-corrected chi connectivity index (χ4v) is 3.96. The van der Waals surface area contributed by atoms with E-state index in [-0.39, 0.29) is 10.8 Å². The van der Waals surface area contributed by atoms with Crippen LogP contribution in [0.15, 0.2) is 29.2 Å². The van der Waals surface area contributed by atoms with Gasteiger partial charge in [-0.3, -0.25) is 4.79 Å². The molecule has 1 aliphatic rings. The van der Waals surface area contributed by atoms with Gasteiger partial charge in [0.15, 0.2) is 0 Å². The molecule has 6 nitrogen and oxygen atoms in total. The molecule has 122 valence electrons. The number of amides is 1. The number of carbonyl (C=O) groups is 1. The van der Waals surface area contributed by atoms with Crippen LogP contribution in [0.3, 0.4) is 0 Å². The Morgan fingerprint density at radius 1 is 1.32 bits per heavy atom. The molecule has 0 spiro atoms. The Hall–Kier alpha value is -1.44. The van der Waals surface area contributed by atoms with Crippen LogP contribution >= 0.6 is 0 Å². The van der Waals surface area contributed by atoms with E-state index in [1.807, 2.05) is 0 Å². The maximum Gasteiger partial charge on any atom is 0.251 e. The predicted molar refractivity (Wildman–Crippen MR) is 83.3 cm³/mol. The molecule has 1 aromatic carbocycles. The lowest BCUT2D eigenvalue weighted by atomic mass is 10.2. The molecule has 1 saturated heterocycles. The third kappa shape index (κ3) is 4.06. The molecule has 0 aliphatic carbocycles. The van der Waals surface area contributed by atoms with E-state index in [1.165, 1.54) is 16.4 Å². The topological polar surface area (TPSA) is 75.7 Å². The molecule has 1 N–H and O–H groups in total. The summed E-state index contributed by atoms with van der Waals surface area (Å²) in [5.74, 6) is -0.269. The van der Waals surface area contributed by atoms with Crippen LogP contribution in [0.2, 0.25) is 0 Å². The molecule has 1 heterocycles. The molecule has 1 amide bonds. The minimum atomic E-state index is -3.49. The highest BCUT2D eigenvalue weighted by atomic mass is 32.2. The molecule has 2 rings (SSSR count). The summed E-state index contributed by atoms with van der Waals surface area (Å²) < 4.78 is 31.4. The highest BCUT2D eigenvalue weighted by Crippen LogP contribution is 2.21. The Morgan fingerprint density at radius 2 is 2.05 bits per heavy atom. The van der Waals surface area contributed by atoms with Gasteiger partial charge in [0, 0.05) is 38.9 Å². The predicted octanol–water partition coefficient (Wildman–Crippen LogP) is 1.24. The third-order valence-electron chi connectivity index (χ3n) is 3.61. The van der Waals surface area contributed by atoms with Gasteiger partial charge in [-0.25, -0.2) is 8.42 Å². The summed E-state index contributed by atoms with van der Waals surface area (Å²) in [5, 5.41) is 2.75. The van der Waals surface area contributed by atoms with Gasteiger partial charge in [0.2, 0.25) is 10.0 Å². The van der Waals surface area contributed by atoms with Crippen LogP contribution in [0.5, 0.6) is 0 Å². The Bertz CT molecular complexity index is 610. The molecule has 0 bridgehead atoms. The molecule has 0 atom stereocenters. The lowest BCUT2D eigenvalue weighted by molar-refractivity contribution is 0.0948. The lowest BCUT2D eigenvalue weighted by Gasteiger charge is -2.16. The fraction of sp³-hybridized carbons (Fsp3) is 0.533. The normalized spacial score (nSPS) is 15.9. The number of rotatable bonds is 7. The number of hydrogen-bond donors (Lipinski definition) is 1. The zero-order valence-electron chi connectivity index (χ0n) is 12.7. The Labute approximate surface area is 131 Å². The van der Waals surface area contributed by atoms with Gasteiger partial charge in [-0.15, -0.1) is 0 Å². The van der Waals surface area contributed by atoms with Crippen molar-refractivity contribution < 1.29 is 17.9 Å². The van der Waals surface area contributed by atoms with Gasteiger partial charge < -0.3 is 10.1 Å². The average Bonchev–Trinajstić information content (AvgIpc) is 3.06. The number of methoxy groups -OCH3 is 1. The van der Waals surface area contributed by atoms with Crippen LogP contribution in [0.25, 0.3) is 0 Å². The molecule has 7 heteroatoms. The highest BCUT2D eigenvalue weighted by molar-refractivity contribution is 7.89. The number of ether oxygens (including phenoxy) is 1. The van der Waals surface area contributed by atoms with Crippen molar-refractivity contribution in [2.24, 2.45) is 0 Å². The monoisotopic (exact) mass is 326 g/mol. The average molecular weight is 326 g/mol. The van der Waals surface area contributed by atoms with Gasteiger partial charge >= 0.3 is 0 Å². The second-order valence-corrected chi connectivity index (χ2v) is 7.18. The lowest BCUT2D eigenvalue weighted by Crippen LogP contribution is -2.29. The molecule has 0 saturated carbocycles. The first-order chi connectivity index (χ1) is 10.6. The van der Waals surface area contributed by atoms with Gasteiger partial charge in [-0.2, -0.15) is 4.31 Å². The molecule has 1 aliphatic heterocycles. The number of nitrogens with zero attached hydrogens (tertiary/aromatic N) is 1. The molecule has 0 aromatic heterocycles. The molecule has 0 unspecified atom stereocenters. The Kier molecular flexibility index (Phi) is 5.93. The van der Waals surface area contributed by atoms with E-state index in [1.54, 1.807) is 19.2 Å². The van der Waals surface area contributed by atoms with Crippen LogP contribution in [-0.4, -0.2) is 52.0 Å². The second kappa shape index (κ2) is 7.71. The van der Waals surface area contributed by atoms with E-state index < -0.39 is 10.0 Å². The number of hydrogen-bond acceptors (Lipinski definition) is 4. The summed E-state index contributed by atoms with van der Waals surface area (Å²) in [4.78, 5) is 12.2. The van der Waals surface area contributed by atoms with Crippen molar-refractivity contribution in [1.29, 1.82) is 0 Å². The van der Waals surface area contributed by atoms with Gasteiger partial charge in [-0.05, 0) is 37.5 Å². The largest absolute Gasteiger partial charge is 0.385 e. The minimum absolute atomic E-state index is 0.180. The van der Waals surface area contributed by atoms with Crippen molar-refractivity contribution in [1.82, 2.24) is 9.62 Å². The van der Waals surface area contributed by atoms with E-state index in [2.05, 4.69) is 5.32 Å². The second-order valence-electron chi connectivity index (χ2n) is 5.24. The molecule has 0 radical (unpaired) electrons. The van der Waals surface area contributed by atoms with Crippen molar-refractivity contribution in [2.45, 2.75) is 24.2 Å². The standard InChI is InChI=1S/C15H22N2O4S/c1-21-11-5-8-16-15(18)13-6-4-7-14(12-13)22(19,20)17-9-2-3-10-17/h4,6-7,12H,2-3,5,8-11H2,1H3,(H,16,18). The molecular weight excluding hydrogens is 304 g/mol. The summed E-state index contributed by atoms with van der Waals surface area (Å²) in [6.45, 7) is 2.17. The van der Waals surface area contributed by atoms with Crippen LogP contribution in [-0.2, 0) is 14.8 Å². The van der Waals surface area contributed by atoms with Gasteiger partial charge in [0.1, 0.15) is 0 Å². The SMILES string of the molecule is COCCCNC(=O)c1cccc(S(=O)(=O)N2CCCC2)c1. The summed E-state index contributed by atoms with van der Waals surface area (Å²) >= 11 is 0. The van der Waals surface area contributed by atoms with E-state index in [0.29, 0.717) is 38.2 Å². The first-order valence-electron chi connectivity index (χ1n) is 7.43. The van der Waals surface area contributed by atoms with Crippen molar-refractivity contribution in [2.75, 3.05) is 33.4 Å². The van der Waals surface area contributed by atoms with E-state index in [9.17, 15) is 13.2 Å². The number of benzene rings is 1. The van der Waals surface area contributed by atoms with Crippen molar-refractivity contribution in [3.63, 3.8) is 0 Å². The summed E-state index contributed by atoms with van der Waals surface area (Å²) in [6, 6.07) is 6.20. The van der Waals surface area contributed by atoms with Crippen LogP contribution < -0.4 is 5.32 Å². The molecular formula is C15H22N2O4S. The molecule has 1 fully saturated rings. The summed E-state index contributed by atoms with van der Waals surface area (Å²) in [7, 11) is -1.88.